The van der Waals surface area contributed by atoms with Gasteiger partial charge in [0, 0.05) is 43.1 Å². The SMILES string of the molecule is Cc1nccc2ccc(NC3CCC(CNc4ncc(CC(=O)N(CCC#N)C5COC5)cn4)CC3)nc12. The van der Waals surface area contributed by atoms with Gasteiger partial charge in [-0.2, -0.15) is 5.26 Å². The Balaban J connectivity index is 1.06. The smallest absolute Gasteiger partial charge is 0.227 e. The molecule has 1 saturated carbocycles. The van der Waals surface area contributed by atoms with Crippen molar-refractivity contribution in [3.63, 3.8) is 0 Å². The third kappa shape index (κ3) is 6.34. The summed E-state index contributed by atoms with van der Waals surface area (Å²) in [6, 6.07) is 8.74. The molecule has 5 rings (SSSR count). The molecule has 1 saturated heterocycles. The molecule has 4 heterocycles. The van der Waals surface area contributed by atoms with E-state index in [0.717, 1.165) is 60.2 Å². The van der Waals surface area contributed by atoms with Gasteiger partial charge in [0.25, 0.3) is 0 Å². The molecule has 0 spiro atoms. The van der Waals surface area contributed by atoms with E-state index in [4.69, 9.17) is 15.0 Å². The summed E-state index contributed by atoms with van der Waals surface area (Å²) in [5.74, 6) is 2.04. The van der Waals surface area contributed by atoms with Crippen LogP contribution in [0.15, 0.2) is 36.8 Å². The Kier molecular flexibility index (Phi) is 8.24. The molecule has 0 aromatic carbocycles. The summed E-state index contributed by atoms with van der Waals surface area (Å²) in [5.41, 5.74) is 2.67. The number of carbonyl (C=O) groups is 1. The Morgan fingerprint density at radius 1 is 1.13 bits per heavy atom. The minimum atomic E-state index is -0.0195. The molecule has 3 aromatic rings. The van der Waals surface area contributed by atoms with Gasteiger partial charge in [0.05, 0.1) is 49.4 Å². The van der Waals surface area contributed by atoms with Gasteiger partial charge < -0.3 is 20.3 Å². The van der Waals surface area contributed by atoms with Gasteiger partial charge in [0.15, 0.2) is 0 Å². The van der Waals surface area contributed by atoms with Gasteiger partial charge in [-0.15, -0.1) is 0 Å². The van der Waals surface area contributed by atoms with E-state index in [0.29, 0.717) is 44.1 Å². The fourth-order valence-corrected chi connectivity index (χ4v) is 5.12. The molecule has 2 N–H and O–H groups in total. The summed E-state index contributed by atoms with van der Waals surface area (Å²) < 4.78 is 5.22. The van der Waals surface area contributed by atoms with Crippen LogP contribution in [0.25, 0.3) is 10.9 Å². The standard InChI is InChI=1S/C28H34N8O2/c1-19-27-22(9-11-30-19)5-8-25(35-27)34-23-6-3-20(4-7-23)14-31-28-32-15-21(16-33-28)13-26(37)36(12-2-10-29)24-17-38-18-24/h5,8-9,11,15-16,20,23-24H,2-4,6-7,12-14,17-18H2,1H3,(H,34,35)(H,31,32,33). The molecule has 38 heavy (non-hydrogen) atoms. The van der Waals surface area contributed by atoms with Crippen molar-refractivity contribution in [3.8, 4) is 6.07 Å². The molecule has 2 fully saturated rings. The fourth-order valence-electron chi connectivity index (χ4n) is 5.12. The van der Waals surface area contributed by atoms with Crippen molar-refractivity contribution in [1.29, 1.82) is 5.26 Å². The van der Waals surface area contributed by atoms with Crippen LogP contribution in [0.2, 0.25) is 0 Å². The molecule has 1 aliphatic carbocycles. The van der Waals surface area contributed by atoms with E-state index in [1.807, 2.05) is 19.2 Å². The quantitative estimate of drug-likeness (QED) is 0.418. The first-order chi connectivity index (χ1) is 18.6. The number of nitrogens with one attached hydrogen (secondary N) is 2. The van der Waals surface area contributed by atoms with Gasteiger partial charge in [-0.05, 0) is 62.3 Å². The first-order valence-electron chi connectivity index (χ1n) is 13.4. The second-order valence-electron chi connectivity index (χ2n) is 10.2. The van der Waals surface area contributed by atoms with E-state index < -0.39 is 0 Å². The van der Waals surface area contributed by atoms with Crippen molar-refractivity contribution in [2.45, 2.75) is 57.5 Å². The summed E-state index contributed by atoms with van der Waals surface area (Å²) in [5, 5.41) is 17.0. The number of rotatable bonds is 10. The van der Waals surface area contributed by atoms with Crippen LogP contribution in [0.5, 0.6) is 0 Å². The monoisotopic (exact) mass is 514 g/mol. The molecule has 0 bridgehead atoms. The third-order valence-electron chi connectivity index (χ3n) is 7.45. The average Bonchev–Trinajstić information content (AvgIpc) is 2.91. The highest BCUT2D eigenvalue weighted by Crippen LogP contribution is 2.27. The van der Waals surface area contributed by atoms with Crippen molar-refractivity contribution < 1.29 is 9.53 Å². The molecule has 1 aliphatic heterocycles. The summed E-state index contributed by atoms with van der Waals surface area (Å²) in [6.45, 7) is 4.32. The Bertz CT molecular complexity index is 1280. The number of hydrogen-bond acceptors (Lipinski definition) is 9. The highest BCUT2D eigenvalue weighted by molar-refractivity contribution is 5.81. The van der Waals surface area contributed by atoms with Crippen molar-refractivity contribution in [2.75, 3.05) is 36.9 Å². The number of nitriles is 1. The van der Waals surface area contributed by atoms with E-state index in [1.54, 1.807) is 17.3 Å². The first kappa shape index (κ1) is 25.8. The first-order valence-corrected chi connectivity index (χ1v) is 13.4. The molecule has 198 valence electrons. The van der Waals surface area contributed by atoms with Gasteiger partial charge in [-0.25, -0.2) is 15.0 Å². The summed E-state index contributed by atoms with van der Waals surface area (Å²) in [7, 11) is 0. The maximum Gasteiger partial charge on any atom is 0.227 e. The number of pyridine rings is 2. The van der Waals surface area contributed by atoms with Gasteiger partial charge in [0.2, 0.25) is 11.9 Å². The molecule has 3 aromatic heterocycles. The lowest BCUT2D eigenvalue weighted by Crippen LogP contribution is -2.52. The second-order valence-corrected chi connectivity index (χ2v) is 10.2. The lowest BCUT2D eigenvalue weighted by atomic mass is 9.86. The lowest BCUT2D eigenvalue weighted by molar-refractivity contribution is -0.143. The molecule has 0 atom stereocenters. The Hall–Kier alpha value is -3.84. The van der Waals surface area contributed by atoms with E-state index >= 15 is 0 Å². The van der Waals surface area contributed by atoms with Crippen LogP contribution in [-0.4, -0.2) is 69.1 Å². The number of fused-ring (bicyclic) bond motifs is 1. The van der Waals surface area contributed by atoms with Crippen LogP contribution in [0.1, 0.15) is 43.4 Å². The molecular formula is C28H34N8O2. The van der Waals surface area contributed by atoms with Crippen LogP contribution in [-0.2, 0) is 16.0 Å². The molecule has 10 nitrogen and oxygen atoms in total. The number of aromatic nitrogens is 4. The number of aryl methyl sites for hydroxylation is 1. The predicted octanol–water partition coefficient (Wildman–Crippen LogP) is 3.49. The van der Waals surface area contributed by atoms with Crippen LogP contribution >= 0.6 is 0 Å². The largest absolute Gasteiger partial charge is 0.377 e. The minimum absolute atomic E-state index is 0.0195. The highest BCUT2D eigenvalue weighted by atomic mass is 16.5. The molecular weight excluding hydrogens is 480 g/mol. The number of nitrogens with zero attached hydrogens (tertiary/aromatic N) is 6. The number of amides is 1. The Morgan fingerprint density at radius 2 is 1.92 bits per heavy atom. The van der Waals surface area contributed by atoms with E-state index in [-0.39, 0.29) is 18.4 Å². The zero-order chi connectivity index (χ0) is 26.3. The molecule has 0 radical (unpaired) electrons. The van der Waals surface area contributed by atoms with E-state index in [9.17, 15) is 4.79 Å². The van der Waals surface area contributed by atoms with Crippen LogP contribution in [0.3, 0.4) is 0 Å². The molecule has 10 heteroatoms. The molecule has 2 aliphatic rings. The van der Waals surface area contributed by atoms with Gasteiger partial charge in [-0.1, -0.05) is 0 Å². The van der Waals surface area contributed by atoms with Crippen LogP contribution in [0.4, 0.5) is 11.8 Å². The number of ether oxygens (including phenoxy) is 1. The van der Waals surface area contributed by atoms with Gasteiger partial charge in [-0.3, -0.25) is 9.78 Å². The third-order valence-corrected chi connectivity index (χ3v) is 7.45. The van der Waals surface area contributed by atoms with Gasteiger partial charge >= 0.3 is 0 Å². The number of carbonyl (C=O) groups excluding carboxylic acids is 1. The second kappa shape index (κ2) is 12.1. The van der Waals surface area contributed by atoms with Crippen molar-refractivity contribution in [1.82, 2.24) is 24.8 Å². The van der Waals surface area contributed by atoms with Crippen molar-refractivity contribution in [3.05, 3.63) is 48.0 Å². The molecule has 0 unspecified atom stereocenters. The summed E-state index contributed by atoms with van der Waals surface area (Å²) >= 11 is 0. The van der Waals surface area contributed by atoms with Crippen LogP contribution < -0.4 is 10.6 Å². The number of anilines is 2. The zero-order valence-corrected chi connectivity index (χ0v) is 21.8. The average molecular weight is 515 g/mol. The number of hydrogen-bond donors (Lipinski definition) is 2. The van der Waals surface area contributed by atoms with E-state index in [2.05, 4.69) is 43.8 Å². The normalized spacial score (nSPS) is 19.4. The van der Waals surface area contributed by atoms with Crippen molar-refractivity contribution in [2.24, 2.45) is 5.92 Å². The Morgan fingerprint density at radius 3 is 2.63 bits per heavy atom. The summed E-state index contributed by atoms with van der Waals surface area (Å²) in [6.07, 6.45) is 10.2. The minimum Gasteiger partial charge on any atom is -0.377 e. The Labute approximate surface area is 222 Å². The lowest BCUT2D eigenvalue weighted by Gasteiger charge is -2.37. The van der Waals surface area contributed by atoms with E-state index in [1.165, 1.54) is 0 Å². The highest BCUT2D eigenvalue weighted by Gasteiger charge is 2.29. The maximum atomic E-state index is 12.8. The molecule has 1 amide bonds. The topological polar surface area (TPSA) is 129 Å². The van der Waals surface area contributed by atoms with Crippen molar-refractivity contribution >= 4 is 28.6 Å². The van der Waals surface area contributed by atoms with Crippen LogP contribution in [0, 0.1) is 24.2 Å². The van der Waals surface area contributed by atoms with Gasteiger partial charge in [0.1, 0.15) is 5.82 Å². The maximum absolute atomic E-state index is 12.8. The zero-order valence-electron chi connectivity index (χ0n) is 21.8. The summed E-state index contributed by atoms with van der Waals surface area (Å²) in [4.78, 5) is 32.5. The predicted molar refractivity (Wildman–Crippen MR) is 144 cm³/mol. The fraction of sp³-hybridized carbons (Fsp3) is 0.500.